The Balaban J connectivity index is 2.32. The van der Waals surface area contributed by atoms with Crippen molar-refractivity contribution in [1.29, 1.82) is 0 Å². The van der Waals surface area contributed by atoms with Crippen LogP contribution in [0, 0.1) is 6.92 Å². The molecule has 2 rings (SSSR count). The van der Waals surface area contributed by atoms with E-state index < -0.39 is 0 Å². The summed E-state index contributed by atoms with van der Waals surface area (Å²) in [4.78, 5) is 1.24. The summed E-state index contributed by atoms with van der Waals surface area (Å²) in [6.45, 7) is 2.02. The second-order valence-electron chi connectivity index (χ2n) is 3.92. The summed E-state index contributed by atoms with van der Waals surface area (Å²) in [5.41, 5.74) is 2.18. The molecular formula is C15H16O2S. The summed E-state index contributed by atoms with van der Waals surface area (Å²) in [7, 11) is 3.32. The Morgan fingerprint density at radius 2 is 1.94 bits per heavy atom. The van der Waals surface area contributed by atoms with E-state index in [0.717, 1.165) is 22.6 Å². The van der Waals surface area contributed by atoms with Crippen molar-refractivity contribution in [2.24, 2.45) is 0 Å². The summed E-state index contributed by atoms with van der Waals surface area (Å²) >= 11 is 1.72. The van der Waals surface area contributed by atoms with Crippen molar-refractivity contribution in [3.63, 3.8) is 0 Å². The number of hydrogen-bond acceptors (Lipinski definition) is 3. The predicted molar refractivity (Wildman–Crippen MR) is 77.5 cm³/mol. The summed E-state index contributed by atoms with van der Waals surface area (Å²) in [6.07, 6.45) is 4.19. The number of ether oxygens (including phenoxy) is 2. The molecule has 0 spiro atoms. The topological polar surface area (TPSA) is 18.5 Å². The number of thiophene rings is 1. The minimum Gasteiger partial charge on any atom is -0.493 e. The van der Waals surface area contributed by atoms with E-state index in [1.54, 1.807) is 25.6 Å². The molecule has 0 atom stereocenters. The van der Waals surface area contributed by atoms with E-state index in [1.165, 1.54) is 4.88 Å². The molecule has 1 aromatic carbocycles. The second-order valence-corrected chi connectivity index (χ2v) is 4.90. The van der Waals surface area contributed by atoms with Crippen LogP contribution >= 0.6 is 11.3 Å². The summed E-state index contributed by atoms with van der Waals surface area (Å²) in [6, 6.07) is 8.21. The van der Waals surface area contributed by atoms with Crippen LogP contribution in [0.3, 0.4) is 0 Å². The van der Waals surface area contributed by atoms with Crippen LogP contribution in [-0.4, -0.2) is 14.2 Å². The lowest BCUT2D eigenvalue weighted by Gasteiger charge is -2.11. The van der Waals surface area contributed by atoms with E-state index in [1.807, 2.05) is 19.1 Å². The zero-order chi connectivity index (χ0) is 13.0. The molecule has 0 unspecified atom stereocenters. The van der Waals surface area contributed by atoms with E-state index >= 15 is 0 Å². The van der Waals surface area contributed by atoms with Crippen LogP contribution in [0.2, 0.25) is 0 Å². The molecule has 1 aromatic heterocycles. The van der Waals surface area contributed by atoms with Gasteiger partial charge >= 0.3 is 0 Å². The Kier molecular flexibility index (Phi) is 4.05. The lowest BCUT2D eigenvalue weighted by molar-refractivity contribution is 0.353. The van der Waals surface area contributed by atoms with Crippen LogP contribution in [0.15, 0.2) is 29.6 Å². The van der Waals surface area contributed by atoms with Gasteiger partial charge in [0.05, 0.1) is 14.2 Å². The highest BCUT2D eigenvalue weighted by atomic mass is 32.1. The summed E-state index contributed by atoms with van der Waals surface area (Å²) < 4.78 is 10.7. The first-order valence-corrected chi connectivity index (χ1v) is 6.56. The van der Waals surface area contributed by atoms with Gasteiger partial charge in [0.2, 0.25) is 0 Å². The molecule has 94 valence electrons. The van der Waals surface area contributed by atoms with E-state index in [9.17, 15) is 0 Å². The van der Waals surface area contributed by atoms with E-state index in [-0.39, 0.29) is 0 Å². The SMILES string of the molecule is COc1cc(/C=C/c2cccs2)cc(C)c1OC. The third-order valence-electron chi connectivity index (χ3n) is 2.67. The first kappa shape index (κ1) is 12.7. The van der Waals surface area contributed by atoms with Gasteiger partial charge in [-0.1, -0.05) is 12.1 Å². The largest absolute Gasteiger partial charge is 0.493 e. The zero-order valence-electron chi connectivity index (χ0n) is 10.8. The highest BCUT2D eigenvalue weighted by Gasteiger charge is 2.07. The standard InChI is InChI=1S/C15H16O2S/c1-11-9-12(6-7-13-5-4-8-18-13)10-14(16-2)15(11)17-3/h4-10H,1-3H3/b7-6+. The minimum absolute atomic E-state index is 0.767. The lowest BCUT2D eigenvalue weighted by atomic mass is 10.1. The highest BCUT2D eigenvalue weighted by Crippen LogP contribution is 2.32. The lowest BCUT2D eigenvalue weighted by Crippen LogP contribution is -1.93. The molecule has 0 fully saturated rings. The van der Waals surface area contributed by atoms with Crippen molar-refractivity contribution in [3.8, 4) is 11.5 Å². The van der Waals surface area contributed by atoms with E-state index in [2.05, 4.69) is 29.7 Å². The van der Waals surface area contributed by atoms with Crippen molar-refractivity contribution in [3.05, 3.63) is 45.6 Å². The van der Waals surface area contributed by atoms with Gasteiger partial charge in [0, 0.05) is 4.88 Å². The number of rotatable bonds is 4. The van der Waals surface area contributed by atoms with Crippen molar-refractivity contribution >= 4 is 23.5 Å². The van der Waals surface area contributed by atoms with E-state index in [4.69, 9.17) is 9.47 Å². The molecule has 0 aliphatic carbocycles. The maximum atomic E-state index is 5.34. The van der Waals surface area contributed by atoms with Crippen molar-refractivity contribution in [2.45, 2.75) is 6.92 Å². The predicted octanol–water partition coefficient (Wildman–Crippen LogP) is 4.24. The smallest absolute Gasteiger partial charge is 0.163 e. The Morgan fingerprint density at radius 1 is 1.11 bits per heavy atom. The van der Waals surface area contributed by atoms with E-state index in [0.29, 0.717) is 0 Å². The third kappa shape index (κ3) is 2.74. The molecule has 1 heterocycles. The third-order valence-corrected chi connectivity index (χ3v) is 3.51. The first-order valence-electron chi connectivity index (χ1n) is 5.69. The summed E-state index contributed by atoms with van der Waals surface area (Å²) in [5, 5.41) is 2.07. The van der Waals surface area contributed by atoms with Gasteiger partial charge in [-0.15, -0.1) is 11.3 Å². The van der Waals surface area contributed by atoms with Gasteiger partial charge in [0.15, 0.2) is 11.5 Å². The van der Waals surface area contributed by atoms with Crippen molar-refractivity contribution in [2.75, 3.05) is 14.2 Å². The number of hydrogen-bond donors (Lipinski definition) is 0. The second kappa shape index (κ2) is 5.74. The summed E-state index contributed by atoms with van der Waals surface area (Å²) in [5.74, 6) is 1.56. The molecule has 0 aliphatic heterocycles. The zero-order valence-corrected chi connectivity index (χ0v) is 11.6. The average Bonchev–Trinajstić information content (AvgIpc) is 2.88. The first-order chi connectivity index (χ1) is 8.74. The van der Waals surface area contributed by atoms with Gasteiger partial charge in [-0.25, -0.2) is 0 Å². The molecule has 2 nitrogen and oxygen atoms in total. The fraction of sp³-hybridized carbons (Fsp3) is 0.200. The Bertz CT molecular complexity index is 542. The highest BCUT2D eigenvalue weighted by molar-refractivity contribution is 7.10. The molecule has 0 bridgehead atoms. The number of methoxy groups -OCH3 is 2. The molecule has 18 heavy (non-hydrogen) atoms. The number of aryl methyl sites for hydroxylation is 1. The Morgan fingerprint density at radius 3 is 2.56 bits per heavy atom. The van der Waals surface area contributed by atoms with Crippen molar-refractivity contribution in [1.82, 2.24) is 0 Å². The van der Waals surface area contributed by atoms with Crippen LogP contribution in [0.1, 0.15) is 16.0 Å². The fourth-order valence-corrected chi connectivity index (χ4v) is 2.46. The van der Waals surface area contributed by atoms with Crippen LogP contribution < -0.4 is 9.47 Å². The molecular weight excluding hydrogens is 244 g/mol. The monoisotopic (exact) mass is 260 g/mol. The van der Waals surface area contributed by atoms with Gasteiger partial charge in [-0.05, 0) is 47.7 Å². The minimum atomic E-state index is 0.767. The maximum absolute atomic E-state index is 5.34. The molecule has 0 aliphatic rings. The molecule has 0 amide bonds. The molecule has 0 radical (unpaired) electrons. The number of benzene rings is 1. The van der Waals surface area contributed by atoms with Gasteiger partial charge in [-0.3, -0.25) is 0 Å². The Labute approximate surface area is 111 Å². The van der Waals surface area contributed by atoms with Gasteiger partial charge in [-0.2, -0.15) is 0 Å². The van der Waals surface area contributed by atoms with Gasteiger partial charge in [0.1, 0.15) is 0 Å². The Hall–Kier alpha value is -1.74. The van der Waals surface area contributed by atoms with Crippen LogP contribution in [-0.2, 0) is 0 Å². The van der Waals surface area contributed by atoms with Crippen molar-refractivity contribution < 1.29 is 9.47 Å². The average molecular weight is 260 g/mol. The molecule has 3 heteroatoms. The van der Waals surface area contributed by atoms with Crippen LogP contribution in [0.25, 0.3) is 12.2 Å². The maximum Gasteiger partial charge on any atom is 0.163 e. The molecule has 0 saturated carbocycles. The normalized spacial score (nSPS) is 10.8. The van der Waals surface area contributed by atoms with Gasteiger partial charge in [0.25, 0.3) is 0 Å². The molecule has 0 N–H and O–H groups in total. The molecule has 0 saturated heterocycles. The molecule has 2 aromatic rings. The fourth-order valence-electron chi connectivity index (χ4n) is 1.84. The van der Waals surface area contributed by atoms with Gasteiger partial charge < -0.3 is 9.47 Å². The van der Waals surface area contributed by atoms with Crippen LogP contribution in [0.5, 0.6) is 11.5 Å². The quantitative estimate of drug-likeness (QED) is 0.818. The van der Waals surface area contributed by atoms with Crippen LogP contribution in [0.4, 0.5) is 0 Å².